The van der Waals surface area contributed by atoms with Gasteiger partial charge >= 0.3 is 15.2 Å². The number of hydrogen-bond donors (Lipinski definition) is 0. The number of fused-ring (bicyclic) bond motifs is 1. The number of hydrogen-bond acceptors (Lipinski definition) is 5. The highest BCUT2D eigenvalue weighted by Crippen LogP contribution is 2.08. The van der Waals surface area contributed by atoms with Crippen LogP contribution in [0.2, 0.25) is 0 Å². The zero-order valence-corrected chi connectivity index (χ0v) is 13.9. The summed E-state index contributed by atoms with van der Waals surface area (Å²) in [6.07, 6.45) is 0. The summed E-state index contributed by atoms with van der Waals surface area (Å²) in [5.41, 5.74) is 0.337. The van der Waals surface area contributed by atoms with Crippen LogP contribution in [0.3, 0.4) is 0 Å². The van der Waals surface area contributed by atoms with Crippen molar-refractivity contribution in [2.45, 2.75) is 20.8 Å². The third-order valence-electron chi connectivity index (χ3n) is 2.44. The maximum absolute atomic E-state index is 10.7. The number of rotatable bonds is 6. The summed E-state index contributed by atoms with van der Waals surface area (Å²) in [5.74, 6) is 0. The van der Waals surface area contributed by atoms with Crippen LogP contribution >= 0.6 is 0 Å². The van der Waals surface area contributed by atoms with Gasteiger partial charge in [0.1, 0.15) is 5.58 Å². The van der Waals surface area contributed by atoms with Crippen molar-refractivity contribution in [2.24, 2.45) is 0 Å². The topological polar surface area (TPSA) is 57.9 Å². The Morgan fingerprint density at radius 3 is 2.05 bits per heavy atom. The van der Waals surface area contributed by atoms with Gasteiger partial charge in [-0.05, 0) is 32.9 Å². The third-order valence-corrected chi connectivity index (χ3v) is 4.25. The lowest BCUT2D eigenvalue weighted by atomic mass is 10.2. The molecule has 0 amide bonds. The van der Waals surface area contributed by atoms with Crippen LogP contribution in [-0.4, -0.2) is 29.3 Å². The molecule has 2 rings (SSSR count). The average Bonchev–Trinajstić information content (AvgIpc) is 2.48. The smallest absolute Gasteiger partial charge is 0.423 e. The molecule has 0 saturated heterocycles. The summed E-state index contributed by atoms with van der Waals surface area (Å²) < 4.78 is 20.6. The van der Waals surface area contributed by atoms with Crippen LogP contribution in [0.15, 0.2) is 45.6 Å². The molecule has 0 N–H and O–H groups in total. The normalized spacial score (nSPS) is 10.5. The Morgan fingerprint density at radius 1 is 0.905 bits per heavy atom. The van der Waals surface area contributed by atoms with Gasteiger partial charge in [-0.2, -0.15) is 0 Å². The van der Waals surface area contributed by atoms with Crippen LogP contribution in [0, 0.1) is 0 Å². The molecule has 21 heavy (non-hydrogen) atoms. The molecule has 5 nitrogen and oxygen atoms in total. The molecule has 0 radical (unpaired) electrons. The van der Waals surface area contributed by atoms with Crippen molar-refractivity contribution in [3.63, 3.8) is 0 Å². The van der Waals surface area contributed by atoms with E-state index >= 15 is 0 Å². The molecular formula is C15H22O5Si. The van der Waals surface area contributed by atoms with E-state index in [1.165, 1.54) is 6.07 Å². The highest BCUT2D eigenvalue weighted by Gasteiger charge is 2.11. The summed E-state index contributed by atoms with van der Waals surface area (Å²) in [7, 11) is -1.73. The van der Waals surface area contributed by atoms with E-state index in [2.05, 4.69) is 0 Å². The Bertz CT molecular complexity index is 555. The molecule has 0 aliphatic carbocycles. The second-order valence-corrected chi connectivity index (χ2v) is 5.52. The van der Waals surface area contributed by atoms with Gasteiger partial charge in [0.25, 0.3) is 0 Å². The van der Waals surface area contributed by atoms with Gasteiger partial charge in [-0.25, -0.2) is 4.79 Å². The quantitative estimate of drug-likeness (QED) is 0.606. The SMILES string of the molecule is CCO[SiH](OCC)OCC.O=c1ccc2ccccc2o1. The van der Waals surface area contributed by atoms with Crippen molar-refractivity contribution in [2.75, 3.05) is 19.8 Å². The molecule has 1 aromatic heterocycles. The predicted octanol–water partition coefficient (Wildman–Crippen LogP) is 2.61. The first-order chi connectivity index (χ1) is 10.2. The zero-order valence-electron chi connectivity index (χ0n) is 12.7. The van der Waals surface area contributed by atoms with Gasteiger partial charge in [0.2, 0.25) is 0 Å². The summed E-state index contributed by atoms with van der Waals surface area (Å²) in [6.45, 7) is 7.86. The van der Waals surface area contributed by atoms with Crippen molar-refractivity contribution in [3.05, 3.63) is 46.8 Å². The van der Waals surface area contributed by atoms with E-state index in [9.17, 15) is 4.79 Å². The van der Waals surface area contributed by atoms with Crippen LogP contribution in [0.4, 0.5) is 0 Å². The average molecular weight is 310 g/mol. The minimum absolute atomic E-state index is 0.302. The Labute approximate surface area is 126 Å². The molecule has 116 valence electrons. The van der Waals surface area contributed by atoms with Crippen molar-refractivity contribution in [3.8, 4) is 0 Å². The fourth-order valence-corrected chi connectivity index (χ4v) is 2.67. The minimum atomic E-state index is -1.73. The van der Waals surface area contributed by atoms with E-state index in [-0.39, 0.29) is 5.63 Å². The summed E-state index contributed by atoms with van der Waals surface area (Å²) in [5, 5.41) is 0.951. The molecule has 1 aromatic carbocycles. The van der Waals surface area contributed by atoms with Gasteiger partial charge < -0.3 is 17.7 Å². The fourth-order valence-electron chi connectivity index (χ4n) is 1.56. The second kappa shape index (κ2) is 10.3. The van der Waals surface area contributed by atoms with Gasteiger partial charge in [0.15, 0.2) is 0 Å². The summed E-state index contributed by atoms with van der Waals surface area (Å²) in [6, 6.07) is 10.6. The summed E-state index contributed by atoms with van der Waals surface area (Å²) >= 11 is 0. The van der Waals surface area contributed by atoms with E-state index in [1.807, 2.05) is 39.0 Å². The van der Waals surface area contributed by atoms with E-state index in [0.717, 1.165) is 5.39 Å². The molecule has 0 bridgehead atoms. The van der Waals surface area contributed by atoms with Gasteiger partial charge in [-0.15, -0.1) is 0 Å². The van der Waals surface area contributed by atoms with Crippen molar-refractivity contribution >= 4 is 20.5 Å². The van der Waals surface area contributed by atoms with E-state index in [1.54, 1.807) is 12.1 Å². The van der Waals surface area contributed by atoms with Crippen molar-refractivity contribution in [1.29, 1.82) is 0 Å². The monoisotopic (exact) mass is 310 g/mol. The molecule has 1 heterocycles. The molecule has 0 spiro atoms. The zero-order chi connectivity index (χ0) is 15.5. The molecule has 0 aliphatic heterocycles. The molecule has 0 fully saturated rings. The molecule has 0 aliphatic rings. The van der Waals surface area contributed by atoms with E-state index in [4.69, 9.17) is 17.7 Å². The largest absolute Gasteiger partial charge is 0.484 e. The van der Waals surface area contributed by atoms with Crippen LogP contribution in [0.1, 0.15) is 20.8 Å². The number of benzene rings is 1. The Kier molecular flexibility index (Phi) is 8.61. The summed E-state index contributed by atoms with van der Waals surface area (Å²) in [4.78, 5) is 10.7. The predicted molar refractivity (Wildman–Crippen MR) is 84.5 cm³/mol. The Hall–Kier alpha value is -1.47. The highest BCUT2D eigenvalue weighted by molar-refractivity contribution is 6.36. The molecular weight excluding hydrogens is 288 g/mol. The molecule has 6 heteroatoms. The lowest BCUT2D eigenvalue weighted by Gasteiger charge is -2.12. The minimum Gasteiger partial charge on any atom is -0.423 e. The van der Waals surface area contributed by atoms with Crippen molar-refractivity contribution in [1.82, 2.24) is 0 Å². The third kappa shape index (κ3) is 6.68. The second-order valence-electron chi connectivity index (χ2n) is 3.95. The lowest BCUT2D eigenvalue weighted by molar-refractivity contribution is 0.107. The maximum Gasteiger partial charge on any atom is 0.484 e. The fraction of sp³-hybridized carbons (Fsp3) is 0.400. The highest BCUT2D eigenvalue weighted by atomic mass is 28.3. The van der Waals surface area contributed by atoms with Crippen LogP contribution < -0.4 is 5.63 Å². The lowest BCUT2D eigenvalue weighted by Crippen LogP contribution is -2.27. The standard InChI is InChI=1S/C9H6O2.C6H16O3Si/c10-9-6-5-7-3-1-2-4-8(7)11-9;1-4-7-10(8-5-2)9-6-3/h1-6H;10H,4-6H2,1-3H3. The molecule has 0 atom stereocenters. The van der Waals surface area contributed by atoms with Gasteiger partial charge in [-0.1, -0.05) is 18.2 Å². The molecule has 0 saturated carbocycles. The van der Waals surface area contributed by atoms with Crippen LogP contribution in [0.5, 0.6) is 0 Å². The van der Waals surface area contributed by atoms with Crippen LogP contribution in [0.25, 0.3) is 11.0 Å². The number of para-hydroxylation sites is 1. The molecule has 0 unspecified atom stereocenters. The van der Waals surface area contributed by atoms with Crippen LogP contribution in [-0.2, 0) is 13.3 Å². The first kappa shape index (κ1) is 17.6. The first-order valence-corrected chi connectivity index (χ1v) is 8.46. The van der Waals surface area contributed by atoms with E-state index in [0.29, 0.717) is 25.4 Å². The Morgan fingerprint density at radius 2 is 1.48 bits per heavy atom. The molecule has 2 aromatic rings. The van der Waals surface area contributed by atoms with Crippen molar-refractivity contribution < 1.29 is 17.7 Å². The van der Waals surface area contributed by atoms with E-state index < -0.39 is 9.53 Å². The van der Waals surface area contributed by atoms with Gasteiger partial charge in [0, 0.05) is 31.3 Å². The van der Waals surface area contributed by atoms with Gasteiger partial charge in [0.05, 0.1) is 0 Å². The van der Waals surface area contributed by atoms with Gasteiger partial charge in [-0.3, -0.25) is 0 Å². The first-order valence-electron chi connectivity index (χ1n) is 7.04. The maximum atomic E-state index is 10.7. The Balaban J connectivity index is 0.000000212.